The van der Waals surface area contributed by atoms with Crippen molar-refractivity contribution in [3.63, 3.8) is 0 Å². The van der Waals surface area contributed by atoms with Crippen LogP contribution in [-0.4, -0.2) is 6.54 Å². The number of rotatable bonds is 1. The van der Waals surface area contributed by atoms with Gasteiger partial charge in [-0.15, -0.1) is 0 Å². The lowest BCUT2D eigenvalue weighted by Gasteiger charge is -2.28. The molecule has 1 N–H and O–H groups in total. The maximum atomic E-state index is 13.4. The lowest BCUT2D eigenvalue weighted by Crippen LogP contribution is -2.36. The molecular formula is C9H8BrF2N. The number of halogens is 3. The fourth-order valence-electron chi connectivity index (χ4n) is 1.40. The first-order valence-electron chi connectivity index (χ1n) is 4.07. The van der Waals surface area contributed by atoms with Crippen molar-refractivity contribution in [2.75, 3.05) is 6.54 Å². The van der Waals surface area contributed by atoms with Crippen LogP contribution in [0.3, 0.4) is 0 Å². The van der Waals surface area contributed by atoms with Gasteiger partial charge in [0.1, 0.15) is 11.6 Å². The second-order valence-electron chi connectivity index (χ2n) is 3.05. The minimum Gasteiger partial charge on any atom is -0.310 e. The molecule has 0 unspecified atom stereocenters. The summed E-state index contributed by atoms with van der Waals surface area (Å²) in [4.78, 5) is 0. The molecule has 13 heavy (non-hydrogen) atoms. The first-order valence-corrected chi connectivity index (χ1v) is 4.86. The monoisotopic (exact) mass is 247 g/mol. The van der Waals surface area contributed by atoms with Crippen LogP contribution < -0.4 is 5.32 Å². The summed E-state index contributed by atoms with van der Waals surface area (Å²) in [6.07, 6.45) is 0.796. The highest BCUT2D eigenvalue weighted by atomic mass is 79.9. The van der Waals surface area contributed by atoms with Crippen molar-refractivity contribution in [1.29, 1.82) is 0 Å². The van der Waals surface area contributed by atoms with Crippen LogP contribution in [0.5, 0.6) is 0 Å². The summed E-state index contributed by atoms with van der Waals surface area (Å²) in [5.41, 5.74) is 0.153. The zero-order valence-corrected chi connectivity index (χ0v) is 8.37. The first-order chi connectivity index (χ1) is 6.20. The van der Waals surface area contributed by atoms with Gasteiger partial charge in [-0.1, -0.05) is 0 Å². The summed E-state index contributed by atoms with van der Waals surface area (Å²) in [5, 5.41) is 2.97. The number of hydrogen-bond donors (Lipinski definition) is 1. The number of nitrogens with one attached hydrogen (secondary N) is 1. The molecule has 1 aliphatic heterocycles. The van der Waals surface area contributed by atoms with E-state index in [0.717, 1.165) is 13.0 Å². The van der Waals surface area contributed by atoms with Gasteiger partial charge in [-0.25, -0.2) is 8.78 Å². The van der Waals surface area contributed by atoms with Crippen molar-refractivity contribution in [2.45, 2.75) is 12.5 Å². The van der Waals surface area contributed by atoms with Crippen LogP contribution >= 0.6 is 15.9 Å². The highest BCUT2D eigenvalue weighted by Crippen LogP contribution is 2.31. The third-order valence-electron chi connectivity index (χ3n) is 2.25. The quantitative estimate of drug-likeness (QED) is 0.753. The van der Waals surface area contributed by atoms with E-state index >= 15 is 0 Å². The minimum absolute atomic E-state index is 0.153. The Bertz CT molecular complexity index is 337. The molecule has 1 aromatic carbocycles. The highest BCUT2D eigenvalue weighted by Gasteiger charge is 2.26. The van der Waals surface area contributed by atoms with Gasteiger partial charge in [-0.2, -0.15) is 0 Å². The molecule has 1 nitrogen and oxygen atoms in total. The van der Waals surface area contributed by atoms with E-state index in [0.29, 0.717) is 4.47 Å². The maximum Gasteiger partial charge on any atom is 0.145 e. The Morgan fingerprint density at radius 2 is 2.08 bits per heavy atom. The largest absolute Gasteiger partial charge is 0.310 e. The molecule has 1 aromatic rings. The van der Waals surface area contributed by atoms with Crippen molar-refractivity contribution in [3.8, 4) is 0 Å². The SMILES string of the molecule is Fc1ccc(Br)c(F)c1[C@H]1CCN1. The van der Waals surface area contributed by atoms with E-state index in [1.54, 1.807) is 0 Å². The summed E-state index contributed by atoms with van der Waals surface area (Å²) in [6, 6.07) is 2.51. The van der Waals surface area contributed by atoms with Gasteiger partial charge in [-0.3, -0.25) is 0 Å². The van der Waals surface area contributed by atoms with Crippen LogP contribution in [0.25, 0.3) is 0 Å². The Kier molecular flexibility index (Phi) is 2.34. The van der Waals surface area contributed by atoms with Crippen LogP contribution in [0.15, 0.2) is 16.6 Å². The second-order valence-corrected chi connectivity index (χ2v) is 3.91. The molecule has 2 rings (SSSR count). The zero-order valence-electron chi connectivity index (χ0n) is 6.78. The molecule has 1 aliphatic rings. The third kappa shape index (κ3) is 1.48. The van der Waals surface area contributed by atoms with Gasteiger partial charge in [0.15, 0.2) is 0 Å². The molecule has 0 radical (unpaired) electrons. The van der Waals surface area contributed by atoms with Crippen LogP contribution in [0, 0.1) is 11.6 Å². The number of benzene rings is 1. The van der Waals surface area contributed by atoms with E-state index in [-0.39, 0.29) is 11.6 Å². The van der Waals surface area contributed by atoms with Crippen molar-refractivity contribution >= 4 is 15.9 Å². The zero-order chi connectivity index (χ0) is 9.42. The molecule has 0 aliphatic carbocycles. The van der Waals surface area contributed by atoms with Gasteiger partial charge in [0, 0.05) is 11.6 Å². The summed E-state index contributed by atoms with van der Waals surface area (Å²) in [5.74, 6) is -0.963. The van der Waals surface area contributed by atoms with Crippen molar-refractivity contribution < 1.29 is 8.78 Å². The average Bonchev–Trinajstić information content (AvgIpc) is 2.02. The topological polar surface area (TPSA) is 12.0 Å². The minimum atomic E-state index is -0.489. The van der Waals surface area contributed by atoms with Crippen LogP contribution in [-0.2, 0) is 0 Å². The lowest BCUT2D eigenvalue weighted by molar-refractivity contribution is 0.355. The van der Waals surface area contributed by atoms with E-state index in [4.69, 9.17) is 0 Å². The average molecular weight is 248 g/mol. The van der Waals surface area contributed by atoms with Crippen molar-refractivity contribution in [1.82, 2.24) is 5.32 Å². The fraction of sp³-hybridized carbons (Fsp3) is 0.333. The third-order valence-corrected chi connectivity index (χ3v) is 2.86. The van der Waals surface area contributed by atoms with Crippen molar-refractivity contribution in [2.24, 2.45) is 0 Å². The van der Waals surface area contributed by atoms with E-state index in [1.807, 2.05) is 0 Å². The molecule has 0 amide bonds. The Morgan fingerprint density at radius 1 is 1.38 bits per heavy atom. The molecule has 1 saturated heterocycles. The van der Waals surface area contributed by atoms with Crippen molar-refractivity contribution in [3.05, 3.63) is 33.8 Å². The standard InChI is InChI=1S/C9H8BrF2N/c10-5-1-2-6(11)8(9(5)12)7-3-4-13-7/h1-2,7,13H,3-4H2/t7-/m1/s1. The van der Waals surface area contributed by atoms with E-state index in [1.165, 1.54) is 12.1 Å². The fourth-order valence-corrected chi connectivity index (χ4v) is 1.74. The predicted octanol–water partition coefficient (Wildman–Crippen LogP) is 2.76. The second kappa shape index (κ2) is 3.35. The maximum absolute atomic E-state index is 13.4. The Balaban J connectivity index is 2.46. The molecule has 0 saturated carbocycles. The van der Waals surface area contributed by atoms with Gasteiger partial charge in [0.05, 0.1) is 4.47 Å². The summed E-state index contributed by atoms with van der Waals surface area (Å²) < 4.78 is 26.9. The molecule has 4 heteroatoms. The molecule has 1 atom stereocenters. The summed E-state index contributed by atoms with van der Waals surface area (Å²) in [7, 11) is 0. The Hall–Kier alpha value is -0.480. The van der Waals surface area contributed by atoms with Gasteiger partial charge in [0.25, 0.3) is 0 Å². The molecule has 1 heterocycles. The van der Waals surface area contributed by atoms with E-state index < -0.39 is 11.6 Å². The van der Waals surface area contributed by atoms with Gasteiger partial charge >= 0.3 is 0 Å². The molecule has 0 aromatic heterocycles. The van der Waals surface area contributed by atoms with Gasteiger partial charge in [0.2, 0.25) is 0 Å². The van der Waals surface area contributed by atoms with Gasteiger partial charge in [-0.05, 0) is 41.0 Å². The van der Waals surface area contributed by atoms with Crippen LogP contribution in [0.4, 0.5) is 8.78 Å². The smallest absolute Gasteiger partial charge is 0.145 e. The first kappa shape index (κ1) is 9.09. The Labute approximate surface area is 83.3 Å². The summed E-state index contributed by atoms with van der Waals surface area (Å²) >= 11 is 3.03. The number of hydrogen-bond acceptors (Lipinski definition) is 1. The predicted molar refractivity (Wildman–Crippen MR) is 49.4 cm³/mol. The van der Waals surface area contributed by atoms with E-state index in [2.05, 4.69) is 21.2 Å². The molecular weight excluding hydrogens is 240 g/mol. The van der Waals surface area contributed by atoms with Crippen LogP contribution in [0.1, 0.15) is 18.0 Å². The highest BCUT2D eigenvalue weighted by molar-refractivity contribution is 9.10. The summed E-state index contributed by atoms with van der Waals surface area (Å²) in [6.45, 7) is 0.829. The normalized spacial score (nSPS) is 21.3. The molecule has 70 valence electrons. The molecule has 1 fully saturated rings. The van der Waals surface area contributed by atoms with Gasteiger partial charge < -0.3 is 5.32 Å². The lowest BCUT2D eigenvalue weighted by atomic mass is 9.97. The van der Waals surface area contributed by atoms with E-state index in [9.17, 15) is 8.78 Å². The Morgan fingerprint density at radius 3 is 2.62 bits per heavy atom. The van der Waals surface area contributed by atoms with Crippen LogP contribution in [0.2, 0.25) is 0 Å². The molecule has 0 bridgehead atoms. The molecule has 0 spiro atoms.